The van der Waals surface area contributed by atoms with Crippen LogP contribution in [0.4, 0.5) is 0 Å². The predicted octanol–water partition coefficient (Wildman–Crippen LogP) is 3.89. The molecule has 4 fully saturated rings. The van der Waals surface area contributed by atoms with Gasteiger partial charge in [-0.15, -0.1) is 11.3 Å². The molecule has 1 aromatic heterocycles. The molecule has 20 heavy (non-hydrogen) atoms. The van der Waals surface area contributed by atoms with Gasteiger partial charge in [-0.25, -0.2) is 4.98 Å². The molecule has 0 amide bonds. The third kappa shape index (κ3) is 2.14. The number of aromatic nitrogens is 1. The van der Waals surface area contributed by atoms with Crippen LogP contribution < -0.4 is 5.73 Å². The molecule has 3 heteroatoms. The Hall–Kier alpha value is -0.410. The van der Waals surface area contributed by atoms with Gasteiger partial charge in [-0.05, 0) is 62.7 Å². The predicted molar refractivity (Wildman–Crippen MR) is 83.9 cm³/mol. The van der Waals surface area contributed by atoms with Gasteiger partial charge in [-0.2, -0.15) is 0 Å². The third-order valence-corrected chi connectivity index (χ3v) is 6.97. The normalized spacial score (nSPS) is 40.2. The second-order valence-electron chi connectivity index (χ2n) is 7.70. The van der Waals surface area contributed by atoms with Gasteiger partial charge in [0.1, 0.15) is 0 Å². The van der Waals surface area contributed by atoms with Crippen LogP contribution >= 0.6 is 11.3 Å². The maximum Gasteiger partial charge on any atom is 0.0943 e. The van der Waals surface area contributed by atoms with Crippen LogP contribution in [0.15, 0.2) is 5.38 Å². The summed E-state index contributed by atoms with van der Waals surface area (Å²) in [6, 6.07) is 0.283. The Balaban J connectivity index is 1.58. The number of rotatable bonds is 4. The van der Waals surface area contributed by atoms with E-state index in [1.165, 1.54) is 49.2 Å². The molecule has 2 N–H and O–H groups in total. The van der Waals surface area contributed by atoms with Crippen molar-refractivity contribution in [1.82, 2.24) is 4.98 Å². The Kier molecular flexibility index (Phi) is 3.19. The number of thiazole rings is 1. The highest BCUT2D eigenvalue weighted by molar-refractivity contribution is 7.09. The van der Waals surface area contributed by atoms with E-state index in [1.54, 1.807) is 0 Å². The standard InChI is InChI=1S/C17H26N2S/c1-2-14(18)6-16-19-15(10-20-16)17-7-11-3-12(8-17)5-13(4-11)9-17/h10-14H,2-9,18H2,1H3. The van der Waals surface area contributed by atoms with Gasteiger partial charge in [-0.3, -0.25) is 0 Å². The molecule has 1 atom stereocenters. The molecule has 1 heterocycles. The number of hydrogen-bond acceptors (Lipinski definition) is 3. The lowest BCUT2D eigenvalue weighted by atomic mass is 9.49. The lowest BCUT2D eigenvalue weighted by Crippen LogP contribution is -2.48. The van der Waals surface area contributed by atoms with Crippen LogP contribution in [0.5, 0.6) is 0 Å². The molecular weight excluding hydrogens is 264 g/mol. The first kappa shape index (κ1) is 13.3. The molecule has 0 spiro atoms. The maximum absolute atomic E-state index is 6.09. The van der Waals surface area contributed by atoms with Gasteiger partial charge in [0, 0.05) is 23.3 Å². The van der Waals surface area contributed by atoms with E-state index in [9.17, 15) is 0 Å². The smallest absolute Gasteiger partial charge is 0.0943 e. The van der Waals surface area contributed by atoms with Gasteiger partial charge < -0.3 is 5.73 Å². The topological polar surface area (TPSA) is 38.9 Å². The van der Waals surface area contributed by atoms with Crippen LogP contribution in [-0.4, -0.2) is 11.0 Å². The quantitative estimate of drug-likeness (QED) is 0.913. The molecule has 1 unspecified atom stereocenters. The molecule has 110 valence electrons. The summed E-state index contributed by atoms with van der Waals surface area (Å²) in [5, 5.41) is 3.63. The highest BCUT2D eigenvalue weighted by Crippen LogP contribution is 2.60. The average molecular weight is 290 g/mol. The van der Waals surface area contributed by atoms with Crippen molar-refractivity contribution in [2.45, 2.75) is 69.7 Å². The van der Waals surface area contributed by atoms with Crippen molar-refractivity contribution in [3.63, 3.8) is 0 Å². The summed E-state index contributed by atoms with van der Waals surface area (Å²) in [4.78, 5) is 5.03. The summed E-state index contributed by atoms with van der Waals surface area (Å²) in [6.45, 7) is 2.16. The van der Waals surface area contributed by atoms with Crippen molar-refractivity contribution in [2.75, 3.05) is 0 Å². The average Bonchev–Trinajstić information content (AvgIpc) is 2.86. The zero-order chi connectivity index (χ0) is 13.7. The van der Waals surface area contributed by atoms with E-state index < -0.39 is 0 Å². The van der Waals surface area contributed by atoms with E-state index in [0.717, 1.165) is 30.6 Å². The van der Waals surface area contributed by atoms with Crippen LogP contribution in [0.3, 0.4) is 0 Å². The first-order valence-corrected chi connectivity index (χ1v) is 9.25. The minimum absolute atomic E-state index is 0.283. The van der Waals surface area contributed by atoms with Gasteiger partial charge in [0.05, 0.1) is 10.7 Å². The fourth-order valence-corrected chi connectivity index (χ4v) is 6.45. The minimum Gasteiger partial charge on any atom is -0.327 e. The maximum atomic E-state index is 6.09. The Labute approximate surface area is 126 Å². The van der Waals surface area contributed by atoms with Gasteiger partial charge in [0.25, 0.3) is 0 Å². The van der Waals surface area contributed by atoms with Gasteiger partial charge in [0.2, 0.25) is 0 Å². The lowest BCUT2D eigenvalue weighted by molar-refractivity contribution is -0.00698. The molecular formula is C17H26N2S. The van der Waals surface area contributed by atoms with E-state index >= 15 is 0 Å². The van der Waals surface area contributed by atoms with Crippen LogP contribution in [0.1, 0.15) is 62.6 Å². The molecule has 5 rings (SSSR count). The Morgan fingerprint density at radius 1 is 1.25 bits per heavy atom. The summed E-state index contributed by atoms with van der Waals surface area (Å²) in [7, 11) is 0. The van der Waals surface area contributed by atoms with Crippen molar-refractivity contribution < 1.29 is 0 Å². The fraction of sp³-hybridized carbons (Fsp3) is 0.824. The van der Waals surface area contributed by atoms with Gasteiger partial charge >= 0.3 is 0 Å². The molecule has 0 aromatic carbocycles. The molecule has 0 aliphatic heterocycles. The Bertz CT molecular complexity index is 458. The molecule has 4 aliphatic carbocycles. The highest BCUT2D eigenvalue weighted by atomic mass is 32.1. The van der Waals surface area contributed by atoms with Crippen LogP contribution in [0.2, 0.25) is 0 Å². The molecule has 1 aromatic rings. The Morgan fingerprint density at radius 3 is 2.40 bits per heavy atom. The van der Waals surface area contributed by atoms with Gasteiger partial charge in [-0.1, -0.05) is 6.92 Å². The lowest BCUT2D eigenvalue weighted by Gasteiger charge is -2.56. The van der Waals surface area contributed by atoms with Crippen molar-refractivity contribution >= 4 is 11.3 Å². The second kappa shape index (κ2) is 4.81. The van der Waals surface area contributed by atoms with E-state index in [0.29, 0.717) is 5.41 Å². The zero-order valence-electron chi connectivity index (χ0n) is 12.5. The van der Waals surface area contributed by atoms with Crippen LogP contribution in [-0.2, 0) is 11.8 Å². The van der Waals surface area contributed by atoms with E-state index in [2.05, 4.69) is 12.3 Å². The largest absolute Gasteiger partial charge is 0.327 e. The van der Waals surface area contributed by atoms with Crippen molar-refractivity contribution in [3.8, 4) is 0 Å². The van der Waals surface area contributed by atoms with Gasteiger partial charge in [0.15, 0.2) is 0 Å². The summed E-state index contributed by atoms with van der Waals surface area (Å²) in [6.07, 6.45) is 10.8. The molecule has 4 aliphatic rings. The van der Waals surface area contributed by atoms with E-state index in [1.807, 2.05) is 11.3 Å². The first-order chi connectivity index (χ1) is 9.67. The third-order valence-electron chi connectivity index (χ3n) is 6.09. The second-order valence-corrected chi connectivity index (χ2v) is 8.64. The monoisotopic (exact) mass is 290 g/mol. The number of hydrogen-bond donors (Lipinski definition) is 1. The molecule has 4 bridgehead atoms. The van der Waals surface area contributed by atoms with Crippen molar-refractivity contribution in [3.05, 3.63) is 16.1 Å². The van der Waals surface area contributed by atoms with Crippen molar-refractivity contribution in [1.29, 1.82) is 0 Å². The summed E-state index contributed by atoms with van der Waals surface area (Å²) < 4.78 is 0. The first-order valence-electron chi connectivity index (χ1n) is 8.37. The fourth-order valence-electron chi connectivity index (χ4n) is 5.44. The molecule has 0 radical (unpaired) electrons. The Morgan fingerprint density at radius 2 is 1.85 bits per heavy atom. The SMILES string of the molecule is CCC(N)Cc1nc(C23CC4CC(CC(C4)C2)C3)cs1. The molecule has 4 saturated carbocycles. The van der Waals surface area contributed by atoms with E-state index in [-0.39, 0.29) is 6.04 Å². The van der Waals surface area contributed by atoms with Crippen molar-refractivity contribution in [2.24, 2.45) is 23.5 Å². The zero-order valence-corrected chi connectivity index (χ0v) is 13.3. The number of nitrogens with zero attached hydrogens (tertiary/aromatic N) is 1. The van der Waals surface area contributed by atoms with Crippen LogP contribution in [0.25, 0.3) is 0 Å². The van der Waals surface area contributed by atoms with E-state index in [4.69, 9.17) is 10.7 Å². The summed E-state index contributed by atoms with van der Waals surface area (Å²) in [5.74, 6) is 3.01. The van der Waals surface area contributed by atoms with Crippen LogP contribution in [0, 0.1) is 17.8 Å². The minimum atomic E-state index is 0.283. The summed E-state index contributed by atoms with van der Waals surface area (Å²) >= 11 is 1.85. The molecule has 0 saturated heterocycles. The molecule has 2 nitrogen and oxygen atoms in total. The number of nitrogens with two attached hydrogens (primary N) is 1. The highest BCUT2D eigenvalue weighted by Gasteiger charge is 2.52. The summed E-state index contributed by atoms with van der Waals surface area (Å²) in [5.41, 5.74) is 7.98.